The molecule has 0 spiro atoms. The molecular weight excluding hydrogens is 180 g/mol. The number of rotatable bonds is 4. The van der Waals surface area contributed by atoms with Gasteiger partial charge in [0.05, 0.1) is 9.68 Å². The summed E-state index contributed by atoms with van der Waals surface area (Å²) >= 11 is 0. The van der Waals surface area contributed by atoms with E-state index in [0.29, 0.717) is 0 Å². The molecule has 1 heterocycles. The summed E-state index contributed by atoms with van der Waals surface area (Å²) in [5.41, 5.74) is 5.50. The molecule has 2 N–H and O–H groups in total. The summed E-state index contributed by atoms with van der Waals surface area (Å²) in [5, 5.41) is 0. The predicted octanol–water partition coefficient (Wildman–Crippen LogP) is 0.748. The average Bonchev–Trinajstić information content (AvgIpc) is 2.32. The van der Waals surface area contributed by atoms with Crippen molar-refractivity contribution in [3.8, 4) is 0 Å². The molecule has 12 heavy (non-hydrogen) atoms. The first-order chi connectivity index (χ1) is 5.67. The molecule has 0 atom stereocenters. The Kier molecular flexibility index (Phi) is 3.96. The molecule has 1 rings (SSSR count). The molecule has 0 amide bonds. The first-order valence-corrected chi connectivity index (χ1v) is 9.90. The smallest absolute Gasteiger partial charge is 0.115 e. The second kappa shape index (κ2) is 4.55. The van der Waals surface area contributed by atoms with Crippen LogP contribution in [0.25, 0.3) is 0 Å². The molecule has 0 bridgehead atoms. The quantitative estimate of drug-likeness (QED) is 0.538. The highest BCUT2D eigenvalue weighted by Gasteiger charge is 2.32. The van der Waals surface area contributed by atoms with Gasteiger partial charge in [-0.25, -0.2) is 0 Å². The molecule has 72 valence electrons. The molecule has 0 unspecified atom stereocenters. The Hall–Kier alpha value is 0.354. The normalized spacial score (nSPS) is 24.2. The van der Waals surface area contributed by atoms with E-state index in [9.17, 15) is 0 Å². The third kappa shape index (κ3) is 2.69. The molecule has 1 saturated heterocycles. The molecule has 1 aliphatic heterocycles. The fraction of sp³-hybridized carbons (Fsp3) is 1.00. The Balaban J connectivity index is 2.22. The minimum absolute atomic E-state index is 0.0877. The van der Waals surface area contributed by atoms with Crippen LogP contribution < -0.4 is 5.73 Å². The van der Waals surface area contributed by atoms with Gasteiger partial charge in [0.2, 0.25) is 0 Å². The summed E-state index contributed by atoms with van der Waals surface area (Å²) in [4.78, 5) is 0. The van der Waals surface area contributed by atoms with E-state index in [4.69, 9.17) is 5.73 Å². The number of hydrogen-bond acceptors (Lipinski definition) is 2. The van der Waals surface area contributed by atoms with Crippen molar-refractivity contribution >= 4 is 17.9 Å². The van der Waals surface area contributed by atoms with Gasteiger partial charge in [-0.3, -0.25) is 0 Å². The zero-order valence-corrected chi connectivity index (χ0v) is 10.9. The van der Waals surface area contributed by atoms with Gasteiger partial charge in [0.1, 0.15) is 8.24 Å². The van der Waals surface area contributed by atoms with Crippen molar-refractivity contribution in [3.05, 3.63) is 0 Å². The van der Waals surface area contributed by atoms with Crippen LogP contribution in [0.3, 0.4) is 0 Å². The lowest BCUT2D eigenvalue weighted by molar-refractivity contribution is 0.684. The average molecular weight is 202 g/mol. The van der Waals surface area contributed by atoms with Crippen LogP contribution in [0.4, 0.5) is 0 Å². The van der Waals surface area contributed by atoms with E-state index in [0.717, 1.165) is 6.54 Å². The van der Waals surface area contributed by atoms with Crippen LogP contribution in [0.1, 0.15) is 12.8 Å². The molecule has 0 aromatic carbocycles. The van der Waals surface area contributed by atoms with Crippen molar-refractivity contribution in [2.75, 3.05) is 13.1 Å². The van der Waals surface area contributed by atoms with Crippen molar-refractivity contribution in [1.29, 1.82) is 0 Å². The lowest BCUT2D eigenvalue weighted by Gasteiger charge is -2.29. The summed E-state index contributed by atoms with van der Waals surface area (Å²) in [5.74, 6) is 0. The first kappa shape index (κ1) is 10.4. The molecule has 0 radical (unpaired) electrons. The predicted molar refractivity (Wildman–Crippen MR) is 60.6 cm³/mol. The lowest BCUT2D eigenvalue weighted by Crippen LogP contribution is -2.45. The maximum Gasteiger partial charge on any atom is 0.115 e. The number of hydrogen-bond donors (Lipinski definition) is 1. The van der Waals surface area contributed by atoms with E-state index < -0.39 is 8.24 Å². The molecule has 4 heteroatoms. The van der Waals surface area contributed by atoms with Crippen LogP contribution in [-0.4, -0.2) is 35.2 Å². The Morgan fingerprint density at radius 1 is 1.50 bits per heavy atom. The van der Waals surface area contributed by atoms with E-state index in [1.54, 1.807) is 0 Å². The zero-order chi connectivity index (χ0) is 9.03. The third-order valence-corrected chi connectivity index (χ3v) is 11.4. The van der Waals surface area contributed by atoms with Gasteiger partial charge in [-0.05, 0) is 38.0 Å². The highest BCUT2D eigenvalue weighted by Crippen LogP contribution is 2.24. The molecule has 0 aromatic heterocycles. The number of nitrogens with two attached hydrogens (primary N) is 1. The van der Waals surface area contributed by atoms with Crippen molar-refractivity contribution < 1.29 is 0 Å². The highest BCUT2D eigenvalue weighted by molar-refractivity contribution is 6.80. The second-order valence-corrected chi connectivity index (χ2v) is 11.7. The first-order valence-electron chi connectivity index (χ1n) is 5.12. The number of nitrogens with zero attached hydrogens (tertiary/aromatic N) is 1. The second-order valence-electron chi connectivity index (χ2n) is 4.40. The summed E-state index contributed by atoms with van der Waals surface area (Å²) in [6.07, 6.45) is 2.72. The molecule has 2 nitrogen and oxygen atoms in total. The fourth-order valence-electron chi connectivity index (χ4n) is 2.02. The van der Waals surface area contributed by atoms with Gasteiger partial charge in [0, 0.05) is 0 Å². The zero-order valence-electron chi connectivity index (χ0n) is 8.47. The molecule has 0 saturated carbocycles. The largest absolute Gasteiger partial charge is 0.350 e. The van der Waals surface area contributed by atoms with Crippen molar-refractivity contribution in [1.82, 2.24) is 4.23 Å². The standard InChI is InChI=1S/C8H22N2Si2/c1-12(2)8-4-6-10(12)11-7-3-5-9/h3-9,11H2,1-2H3. The Morgan fingerprint density at radius 2 is 2.25 bits per heavy atom. The minimum atomic E-state index is -0.865. The van der Waals surface area contributed by atoms with E-state index >= 15 is 0 Å². The van der Waals surface area contributed by atoms with Crippen LogP contribution >= 0.6 is 0 Å². The van der Waals surface area contributed by atoms with Crippen LogP contribution in [0.2, 0.25) is 25.2 Å². The molecule has 0 aliphatic carbocycles. The van der Waals surface area contributed by atoms with Crippen molar-refractivity contribution in [2.45, 2.75) is 38.0 Å². The van der Waals surface area contributed by atoms with Gasteiger partial charge in [-0.1, -0.05) is 13.1 Å². The van der Waals surface area contributed by atoms with Gasteiger partial charge in [0.25, 0.3) is 0 Å². The van der Waals surface area contributed by atoms with Crippen LogP contribution in [0.15, 0.2) is 0 Å². The minimum Gasteiger partial charge on any atom is -0.350 e. The van der Waals surface area contributed by atoms with Gasteiger partial charge in [0.15, 0.2) is 0 Å². The van der Waals surface area contributed by atoms with E-state index in [1.807, 2.05) is 0 Å². The van der Waals surface area contributed by atoms with Crippen molar-refractivity contribution in [3.63, 3.8) is 0 Å². The fourth-order valence-corrected chi connectivity index (χ4v) is 8.84. The SMILES string of the molecule is C[Si]1(C)CCCN1[SiH2]CCCN. The lowest BCUT2D eigenvalue weighted by atomic mass is 10.5. The van der Waals surface area contributed by atoms with E-state index in [-0.39, 0.29) is 9.68 Å². The van der Waals surface area contributed by atoms with Crippen molar-refractivity contribution in [2.24, 2.45) is 5.73 Å². The van der Waals surface area contributed by atoms with E-state index in [1.165, 1.54) is 31.5 Å². The van der Waals surface area contributed by atoms with Crippen LogP contribution in [0, 0.1) is 0 Å². The highest BCUT2D eigenvalue weighted by atomic mass is 28.4. The van der Waals surface area contributed by atoms with E-state index in [2.05, 4.69) is 17.3 Å². The Bertz CT molecular complexity index is 139. The topological polar surface area (TPSA) is 29.3 Å². The van der Waals surface area contributed by atoms with Crippen LogP contribution in [-0.2, 0) is 0 Å². The molecule has 0 aromatic rings. The third-order valence-electron chi connectivity index (χ3n) is 2.95. The van der Waals surface area contributed by atoms with Crippen LogP contribution in [0.5, 0.6) is 0 Å². The van der Waals surface area contributed by atoms with Gasteiger partial charge >= 0.3 is 0 Å². The van der Waals surface area contributed by atoms with Gasteiger partial charge in [-0.15, -0.1) is 0 Å². The maximum atomic E-state index is 5.50. The summed E-state index contributed by atoms with van der Waals surface area (Å²) in [6, 6.07) is 2.97. The monoisotopic (exact) mass is 202 g/mol. The molecule has 1 fully saturated rings. The molecule has 1 aliphatic rings. The summed E-state index contributed by atoms with van der Waals surface area (Å²) in [6.45, 7) is 7.35. The van der Waals surface area contributed by atoms with Gasteiger partial charge in [-0.2, -0.15) is 0 Å². The Morgan fingerprint density at radius 3 is 2.75 bits per heavy atom. The molecular formula is C8H22N2Si2. The maximum absolute atomic E-state index is 5.50. The summed E-state index contributed by atoms with van der Waals surface area (Å²) in [7, 11) is -0.778. The van der Waals surface area contributed by atoms with Gasteiger partial charge < -0.3 is 9.96 Å². The summed E-state index contributed by atoms with van der Waals surface area (Å²) < 4.78 is 2.88. The Labute approximate surface area is 79.5 Å².